The first kappa shape index (κ1) is 14.3. The summed E-state index contributed by atoms with van der Waals surface area (Å²) in [5, 5.41) is 0. The van der Waals surface area contributed by atoms with E-state index in [4.69, 9.17) is 5.73 Å². The third-order valence-electron chi connectivity index (χ3n) is 2.89. The van der Waals surface area contributed by atoms with Gasteiger partial charge in [0.25, 0.3) is 10.0 Å². The average Bonchev–Trinajstić information content (AvgIpc) is 2.41. The SMILES string of the molecule is CCCc1ccccc1NS(=O)(=O)c1cnccc1N. The zero-order valence-electron chi connectivity index (χ0n) is 11.2. The quantitative estimate of drug-likeness (QED) is 0.886. The van der Waals surface area contributed by atoms with Crippen LogP contribution in [0.4, 0.5) is 11.4 Å². The van der Waals surface area contributed by atoms with E-state index in [0.29, 0.717) is 5.69 Å². The third-order valence-corrected chi connectivity index (χ3v) is 4.30. The number of aryl methyl sites for hydroxylation is 1. The van der Waals surface area contributed by atoms with Crippen molar-refractivity contribution >= 4 is 21.4 Å². The van der Waals surface area contributed by atoms with Crippen molar-refractivity contribution in [3.05, 3.63) is 48.3 Å². The molecule has 3 N–H and O–H groups in total. The highest BCUT2D eigenvalue weighted by Crippen LogP contribution is 2.23. The molecule has 0 aliphatic carbocycles. The molecular weight excluding hydrogens is 274 g/mol. The van der Waals surface area contributed by atoms with Crippen molar-refractivity contribution in [1.82, 2.24) is 4.98 Å². The molecule has 0 aliphatic rings. The topological polar surface area (TPSA) is 85.1 Å². The molecule has 1 aromatic heterocycles. The van der Waals surface area contributed by atoms with E-state index in [0.717, 1.165) is 18.4 Å². The number of nitrogens with two attached hydrogens (primary N) is 1. The first-order valence-corrected chi connectivity index (χ1v) is 7.83. The summed E-state index contributed by atoms with van der Waals surface area (Å²) in [5.41, 5.74) is 7.42. The fourth-order valence-electron chi connectivity index (χ4n) is 1.92. The summed E-state index contributed by atoms with van der Waals surface area (Å²) in [6.45, 7) is 2.05. The fourth-order valence-corrected chi connectivity index (χ4v) is 3.10. The second-order valence-corrected chi connectivity index (χ2v) is 6.08. The molecule has 0 radical (unpaired) electrons. The maximum atomic E-state index is 12.3. The van der Waals surface area contributed by atoms with Gasteiger partial charge in [-0.15, -0.1) is 0 Å². The minimum absolute atomic E-state index is 0.00805. The Morgan fingerprint density at radius 3 is 2.70 bits per heavy atom. The molecule has 0 unspecified atom stereocenters. The van der Waals surface area contributed by atoms with E-state index in [-0.39, 0.29) is 10.6 Å². The van der Waals surface area contributed by atoms with Gasteiger partial charge in [0.1, 0.15) is 4.90 Å². The predicted octanol–water partition coefficient (Wildman–Crippen LogP) is 2.42. The van der Waals surface area contributed by atoms with Gasteiger partial charge in [-0.3, -0.25) is 9.71 Å². The minimum Gasteiger partial charge on any atom is -0.398 e. The molecule has 1 aromatic carbocycles. The fraction of sp³-hybridized carbons (Fsp3) is 0.214. The van der Waals surface area contributed by atoms with E-state index in [1.165, 1.54) is 18.5 Å². The van der Waals surface area contributed by atoms with Gasteiger partial charge in [0.15, 0.2) is 0 Å². The van der Waals surface area contributed by atoms with Crippen LogP contribution in [0.15, 0.2) is 47.6 Å². The highest BCUT2D eigenvalue weighted by molar-refractivity contribution is 7.92. The largest absolute Gasteiger partial charge is 0.398 e. The Hall–Kier alpha value is -2.08. The summed E-state index contributed by atoms with van der Waals surface area (Å²) in [6.07, 6.45) is 4.45. The van der Waals surface area contributed by atoms with Gasteiger partial charge in [-0.25, -0.2) is 8.42 Å². The van der Waals surface area contributed by atoms with Crippen molar-refractivity contribution in [3.63, 3.8) is 0 Å². The number of hydrogen-bond acceptors (Lipinski definition) is 4. The van der Waals surface area contributed by atoms with Crippen LogP contribution in [0.2, 0.25) is 0 Å². The standard InChI is InChI=1S/C14H17N3O2S/c1-2-5-11-6-3-4-7-13(11)17-20(18,19)14-10-16-9-8-12(14)15/h3-4,6-10,17H,2,5H2,1H3,(H2,15,16). The van der Waals surface area contributed by atoms with Crippen LogP contribution in [-0.4, -0.2) is 13.4 Å². The van der Waals surface area contributed by atoms with Gasteiger partial charge < -0.3 is 5.73 Å². The van der Waals surface area contributed by atoms with Crippen LogP contribution < -0.4 is 10.5 Å². The Kier molecular flexibility index (Phi) is 4.24. The van der Waals surface area contributed by atoms with Crippen molar-refractivity contribution < 1.29 is 8.42 Å². The molecule has 0 amide bonds. The monoisotopic (exact) mass is 291 g/mol. The second-order valence-electron chi connectivity index (χ2n) is 4.43. The van der Waals surface area contributed by atoms with Crippen molar-refractivity contribution in [2.45, 2.75) is 24.7 Å². The number of nitrogen functional groups attached to an aromatic ring is 1. The van der Waals surface area contributed by atoms with Gasteiger partial charge in [0, 0.05) is 12.4 Å². The molecule has 5 nitrogen and oxygen atoms in total. The lowest BCUT2D eigenvalue weighted by Gasteiger charge is -2.13. The Bertz CT molecular complexity index is 699. The smallest absolute Gasteiger partial charge is 0.265 e. The number of hydrogen-bond donors (Lipinski definition) is 2. The maximum absolute atomic E-state index is 12.3. The van der Waals surface area contributed by atoms with Crippen LogP contribution >= 0.6 is 0 Å². The Labute approximate surface area is 118 Å². The predicted molar refractivity (Wildman–Crippen MR) is 79.9 cm³/mol. The van der Waals surface area contributed by atoms with E-state index < -0.39 is 10.0 Å². The van der Waals surface area contributed by atoms with Gasteiger partial charge >= 0.3 is 0 Å². The molecule has 0 saturated heterocycles. The normalized spacial score (nSPS) is 11.2. The molecule has 1 heterocycles. The highest BCUT2D eigenvalue weighted by Gasteiger charge is 2.18. The number of rotatable bonds is 5. The summed E-state index contributed by atoms with van der Waals surface area (Å²) < 4.78 is 27.3. The van der Waals surface area contributed by atoms with Gasteiger partial charge in [0.2, 0.25) is 0 Å². The summed E-state index contributed by atoms with van der Waals surface area (Å²) in [5.74, 6) is 0. The number of sulfonamides is 1. The summed E-state index contributed by atoms with van der Waals surface area (Å²) in [4.78, 5) is 3.80. The Balaban J connectivity index is 2.37. The second kappa shape index (κ2) is 5.92. The summed E-state index contributed by atoms with van der Waals surface area (Å²) >= 11 is 0. The van der Waals surface area contributed by atoms with Gasteiger partial charge in [-0.05, 0) is 24.1 Å². The maximum Gasteiger partial charge on any atom is 0.265 e. The van der Waals surface area contributed by atoms with Crippen LogP contribution in [0.1, 0.15) is 18.9 Å². The first-order valence-electron chi connectivity index (χ1n) is 6.35. The van der Waals surface area contributed by atoms with Crippen molar-refractivity contribution in [3.8, 4) is 0 Å². The van der Waals surface area contributed by atoms with Gasteiger partial charge in [-0.1, -0.05) is 31.5 Å². The van der Waals surface area contributed by atoms with Gasteiger partial charge in [-0.2, -0.15) is 0 Å². The van der Waals surface area contributed by atoms with Crippen molar-refractivity contribution in [2.75, 3.05) is 10.5 Å². The molecule has 20 heavy (non-hydrogen) atoms. The number of benzene rings is 1. The van der Waals surface area contributed by atoms with Crippen molar-refractivity contribution in [2.24, 2.45) is 0 Å². The molecule has 2 rings (SSSR count). The molecular formula is C14H17N3O2S. The Morgan fingerprint density at radius 2 is 2.00 bits per heavy atom. The number of para-hydroxylation sites is 1. The highest BCUT2D eigenvalue weighted by atomic mass is 32.2. The summed E-state index contributed by atoms with van der Waals surface area (Å²) in [6, 6.07) is 8.81. The summed E-state index contributed by atoms with van der Waals surface area (Å²) in [7, 11) is -3.72. The van der Waals surface area contributed by atoms with Crippen LogP contribution in [0.3, 0.4) is 0 Å². The molecule has 0 atom stereocenters. The molecule has 0 aliphatic heterocycles. The molecule has 106 valence electrons. The molecule has 2 aromatic rings. The number of pyridine rings is 1. The molecule has 6 heteroatoms. The van der Waals surface area contributed by atoms with E-state index in [2.05, 4.69) is 9.71 Å². The lowest BCUT2D eigenvalue weighted by molar-refractivity contribution is 0.601. The van der Waals surface area contributed by atoms with E-state index in [1.807, 2.05) is 19.1 Å². The van der Waals surface area contributed by atoms with Crippen LogP contribution in [-0.2, 0) is 16.4 Å². The minimum atomic E-state index is -3.72. The molecule has 0 saturated carbocycles. The molecule has 0 bridgehead atoms. The lowest BCUT2D eigenvalue weighted by Crippen LogP contribution is -2.16. The zero-order chi connectivity index (χ0) is 14.6. The number of nitrogens with one attached hydrogen (secondary N) is 1. The first-order chi connectivity index (χ1) is 9.54. The zero-order valence-corrected chi connectivity index (χ0v) is 12.0. The number of nitrogens with zero attached hydrogens (tertiary/aromatic N) is 1. The lowest BCUT2D eigenvalue weighted by atomic mass is 10.1. The number of anilines is 2. The van der Waals surface area contributed by atoms with Gasteiger partial charge in [0.05, 0.1) is 11.4 Å². The third kappa shape index (κ3) is 3.08. The average molecular weight is 291 g/mol. The van der Waals surface area contributed by atoms with Crippen LogP contribution in [0, 0.1) is 0 Å². The number of aromatic nitrogens is 1. The van der Waals surface area contributed by atoms with E-state index in [1.54, 1.807) is 12.1 Å². The molecule has 0 fully saturated rings. The van der Waals surface area contributed by atoms with E-state index >= 15 is 0 Å². The van der Waals surface area contributed by atoms with Crippen LogP contribution in [0.25, 0.3) is 0 Å². The molecule has 0 spiro atoms. The van der Waals surface area contributed by atoms with Crippen LogP contribution in [0.5, 0.6) is 0 Å². The van der Waals surface area contributed by atoms with E-state index in [9.17, 15) is 8.42 Å². The Morgan fingerprint density at radius 1 is 1.25 bits per heavy atom. The van der Waals surface area contributed by atoms with Crippen molar-refractivity contribution in [1.29, 1.82) is 0 Å².